The lowest BCUT2D eigenvalue weighted by Gasteiger charge is -2.24. The van der Waals surface area contributed by atoms with Crippen molar-refractivity contribution in [1.82, 2.24) is 5.32 Å². The van der Waals surface area contributed by atoms with Crippen molar-refractivity contribution >= 4 is 17.7 Å². The molecule has 6 nitrogen and oxygen atoms in total. The molecule has 0 aromatic heterocycles. The fourth-order valence-electron chi connectivity index (χ4n) is 3.26. The van der Waals surface area contributed by atoms with E-state index in [1.54, 1.807) is 4.90 Å². The van der Waals surface area contributed by atoms with Crippen LogP contribution in [0.2, 0.25) is 0 Å². The molecular formula is C20H23N3O3. The number of anilines is 1. The topological polar surface area (TPSA) is 95.7 Å². The van der Waals surface area contributed by atoms with Crippen LogP contribution in [-0.2, 0) is 17.6 Å². The Kier molecular flexibility index (Phi) is 5.53. The van der Waals surface area contributed by atoms with E-state index in [4.69, 9.17) is 10.8 Å². The number of nitrogens with one attached hydrogen (secondary N) is 1. The summed E-state index contributed by atoms with van der Waals surface area (Å²) in [5.74, 6) is -0.814. The Labute approximate surface area is 152 Å². The summed E-state index contributed by atoms with van der Waals surface area (Å²) in [4.78, 5) is 24.8. The second kappa shape index (κ2) is 8.01. The van der Waals surface area contributed by atoms with Gasteiger partial charge >= 0.3 is 12.0 Å². The number of aryl methyl sites for hydroxylation is 1. The van der Waals surface area contributed by atoms with Gasteiger partial charge in [0.15, 0.2) is 0 Å². The first-order chi connectivity index (χ1) is 12.6. The van der Waals surface area contributed by atoms with Crippen molar-refractivity contribution in [3.63, 3.8) is 0 Å². The van der Waals surface area contributed by atoms with Crippen molar-refractivity contribution in [2.24, 2.45) is 5.73 Å². The van der Waals surface area contributed by atoms with E-state index >= 15 is 0 Å². The zero-order valence-corrected chi connectivity index (χ0v) is 14.5. The standard InChI is InChI=1S/C20H23N3O3/c21-11-10-15-2-1-3-16(12-15)18-13-22-20(26)23(18)17-7-4-14(5-8-17)6-9-19(24)25/h1-5,7-8,12,18H,6,9-11,13,21H2,(H,22,26)(H,24,25). The summed E-state index contributed by atoms with van der Waals surface area (Å²) in [7, 11) is 0. The van der Waals surface area contributed by atoms with E-state index in [2.05, 4.69) is 11.4 Å². The van der Waals surface area contributed by atoms with Gasteiger partial charge < -0.3 is 16.2 Å². The lowest BCUT2D eigenvalue weighted by molar-refractivity contribution is -0.136. The number of nitrogens with zero attached hydrogens (tertiary/aromatic N) is 1. The number of hydrogen-bond acceptors (Lipinski definition) is 3. The molecule has 1 aliphatic rings. The summed E-state index contributed by atoms with van der Waals surface area (Å²) < 4.78 is 0. The Morgan fingerprint density at radius 1 is 1.15 bits per heavy atom. The van der Waals surface area contributed by atoms with Crippen LogP contribution in [0.4, 0.5) is 10.5 Å². The highest BCUT2D eigenvalue weighted by Crippen LogP contribution is 2.31. The third-order valence-corrected chi connectivity index (χ3v) is 4.59. The molecule has 2 aromatic carbocycles. The first-order valence-corrected chi connectivity index (χ1v) is 8.75. The summed E-state index contributed by atoms with van der Waals surface area (Å²) in [6.45, 7) is 1.14. The van der Waals surface area contributed by atoms with E-state index in [1.165, 1.54) is 0 Å². The van der Waals surface area contributed by atoms with E-state index in [-0.39, 0.29) is 18.5 Å². The first kappa shape index (κ1) is 17.9. The number of rotatable bonds is 7. The number of carbonyl (C=O) groups is 2. The average Bonchev–Trinajstić information content (AvgIpc) is 3.02. The van der Waals surface area contributed by atoms with E-state index in [0.29, 0.717) is 19.5 Å². The molecule has 26 heavy (non-hydrogen) atoms. The van der Waals surface area contributed by atoms with Gasteiger partial charge in [0.05, 0.1) is 6.04 Å². The number of urea groups is 1. The molecule has 2 amide bonds. The highest BCUT2D eigenvalue weighted by atomic mass is 16.4. The summed E-state index contributed by atoms with van der Waals surface area (Å²) in [6.07, 6.45) is 1.38. The number of nitrogens with two attached hydrogens (primary N) is 1. The average molecular weight is 353 g/mol. The van der Waals surface area contributed by atoms with Gasteiger partial charge in [-0.1, -0.05) is 36.4 Å². The Bertz CT molecular complexity index is 789. The number of carboxylic acids is 1. The third kappa shape index (κ3) is 4.03. The molecule has 1 saturated heterocycles. The molecule has 1 atom stereocenters. The number of hydrogen-bond donors (Lipinski definition) is 3. The Hall–Kier alpha value is -2.86. The van der Waals surface area contributed by atoms with Crippen molar-refractivity contribution in [2.45, 2.75) is 25.3 Å². The Morgan fingerprint density at radius 2 is 1.92 bits per heavy atom. The fraction of sp³-hybridized carbons (Fsp3) is 0.300. The van der Waals surface area contributed by atoms with Gasteiger partial charge in [-0.05, 0) is 48.2 Å². The number of benzene rings is 2. The van der Waals surface area contributed by atoms with Crippen LogP contribution in [0.15, 0.2) is 48.5 Å². The van der Waals surface area contributed by atoms with E-state index in [9.17, 15) is 9.59 Å². The van der Waals surface area contributed by atoms with Crippen LogP contribution in [0.1, 0.15) is 29.2 Å². The lowest BCUT2D eigenvalue weighted by atomic mass is 10.0. The summed E-state index contributed by atoms with van der Waals surface area (Å²) in [5.41, 5.74) is 9.62. The van der Waals surface area contributed by atoms with Crippen LogP contribution in [0.3, 0.4) is 0 Å². The van der Waals surface area contributed by atoms with Gasteiger partial charge in [0.2, 0.25) is 0 Å². The molecule has 136 valence electrons. The maximum atomic E-state index is 12.4. The number of aliphatic carboxylic acids is 1. The largest absolute Gasteiger partial charge is 0.481 e. The monoisotopic (exact) mass is 353 g/mol. The summed E-state index contributed by atoms with van der Waals surface area (Å²) >= 11 is 0. The highest BCUT2D eigenvalue weighted by Gasteiger charge is 2.33. The second-order valence-electron chi connectivity index (χ2n) is 6.42. The van der Waals surface area contributed by atoms with E-state index in [1.807, 2.05) is 42.5 Å². The maximum absolute atomic E-state index is 12.4. The molecule has 3 rings (SSSR count). The maximum Gasteiger partial charge on any atom is 0.322 e. The SMILES string of the molecule is NCCc1cccc(C2CNC(=O)N2c2ccc(CCC(=O)O)cc2)c1. The zero-order valence-electron chi connectivity index (χ0n) is 14.5. The number of carboxylic acid groups (broad SMARTS) is 1. The summed E-state index contributed by atoms with van der Waals surface area (Å²) in [6, 6.07) is 15.5. The molecule has 4 N–H and O–H groups in total. The van der Waals surface area contributed by atoms with Crippen molar-refractivity contribution in [3.8, 4) is 0 Å². The number of amides is 2. The molecule has 0 spiro atoms. The van der Waals surface area contributed by atoms with Gasteiger partial charge in [-0.15, -0.1) is 0 Å². The molecule has 6 heteroatoms. The van der Waals surface area contributed by atoms with Crippen LogP contribution in [0.25, 0.3) is 0 Å². The van der Waals surface area contributed by atoms with Crippen LogP contribution in [0.5, 0.6) is 0 Å². The Balaban J connectivity index is 1.81. The van der Waals surface area contributed by atoms with Gasteiger partial charge in [0.1, 0.15) is 0 Å². The van der Waals surface area contributed by atoms with Crippen molar-refractivity contribution < 1.29 is 14.7 Å². The van der Waals surface area contributed by atoms with Crippen molar-refractivity contribution in [1.29, 1.82) is 0 Å². The van der Waals surface area contributed by atoms with Gasteiger partial charge in [0.25, 0.3) is 0 Å². The second-order valence-corrected chi connectivity index (χ2v) is 6.42. The van der Waals surface area contributed by atoms with Crippen molar-refractivity contribution in [2.75, 3.05) is 18.0 Å². The molecular weight excluding hydrogens is 330 g/mol. The smallest absolute Gasteiger partial charge is 0.322 e. The van der Waals surface area contributed by atoms with Gasteiger partial charge in [-0.3, -0.25) is 9.69 Å². The fourth-order valence-corrected chi connectivity index (χ4v) is 3.26. The summed E-state index contributed by atoms with van der Waals surface area (Å²) in [5, 5.41) is 11.7. The quantitative estimate of drug-likeness (QED) is 0.712. The minimum absolute atomic E-state index is 0.0786. The van der Waals surface area contributed by atoms with Crippen LogP contribution in [-0.4, -0.2) is 30.2 Å². The van der Waals surface area contributed by atoms with Gasteiger partial charge in [-0.2, -0.15) is 0 Å². The predicted octanol–water partition coefficient (Wildman–Crippen LogP) is 2.48. The molecule has 2 aromatic rings. The zero-order chi connectivity index (χ0) is 18.5. The molecule has 0 saturated carbocycles. The minimum Gasteiger partial charge on any atom is -0.481 e. The predicted molar refractivity (Wildman–Crippen MR) is 100 cm³/mol. The highest BCUT2D eigenvalue weighted by molar-refractivity contribution is 5.95. The van der Waals surface area contributed by atoms with Gasteiger partial charge in [-0.25, -0.2) is 4.79 Å². The molecule has 1 unspecified atom stereocenters. The lowest BCUT2D eigenvalue weighted by Crippen LogP contribution is -2.29. The van der Waals surface area contributed by atoms with Crippen LogP contribution < -0.4 is 16.0 Å². The molecule has 1 fully saturated rings. The van der Waals surface area contributed by atoms with Crippen LogP contribution >= 0.6 is 0 Å². The molecule has 0 aliphatic carbocycles. The third-order valence-electron chi connectivity index (χ3n) is 4.59. The number of carbonyl (C=O) groups excluding carboxylic acids is 1. The van der Waals surface area contributed by atoms with Gasteiger partial charge in [0, 0.05) is 18.7 Å². The van der Waals surface area contributed by atoms with E-state index in [0.717, 1.165) is 28.8 Å². The molecule has 0 bridgehead atoms. The van der Waals surface area contributed by atoms with E-state index < -0.39 is 5.97 Å². The normalized spacial score (nSPS) is 16.6. The molecule has 1 aliphatic heterocycles. The first-order valence-electron chi connectivity index (χ1n) is 8.75. The minimum atomic E-state index is -0.814. The van der Waals surface area contributed by atoms with Crippen molar-refractivity contribution in [3.05, 3.63) is 65.2 Å². The Morgan fingerprint density at radius 3 is 2.62 bits per heavy atom. The molecule has 1 heterocycles. The molecule has 0 radical (unpaired) electrons. The van der Waals surface area contributed by atoms with Crippen LogP contribution in [0, 0.1) is 0 Å².